The van der Waals surface area contributed by atoms with Crippen molar-refractivity contribution in [3.8, 4) is 17.6 Å². The number of carbonyl (C=O) groups excluding carboxylic acids is 1. The molecule has 0 bridgehead atoms. The molecule has 0 amide bonds. The highest BCUT2D eigenvalue weighted by Gasteiger charge is 2.15. The molecule has 2 rings (SSSR count). The summed E-state index contributed by atoms with van der Waals surface area (Å²) in [6, 6.07) is 11.6. The molecule has 0 heterocycles. The van der Waals surface area contributed by atoms with Gasteiger partial charge in [0.05, 0.1) is 12.7 Å². The molecule has 7 heteroatoms. The summed E-state index contributed by atoms with van der Waals surface area (Å²) in [5.74, 6) is 0.196. The summed E-state index contributed by atoms with van der Waals surface area (Å²) in [6.45, 7) is 1.70. The standard InChI is InChI=1S/C18H15Cl2NO4/c1-11(9-21)25-18(22)12-4-6-16(17(7-12)23-2)24-10-13-3-5-14(19)8-15(13)20/h3-8,11H,10H2,1-2H3/t11-/m0/s1. The number of benzene rings is 2. The van der Waals surface area contributed by atoms with Crippen LogP contribution in [0.5, 0.6) is 11.5 Å². The quantitative estimate of drug-likeness (QED) is 0.683. The van der Waals surface area contributed by atoms with Crippen molar-refractivity contribution in [1.82, 2.24) is 0 Å². The summed E-state index contributed by atoms with van der Waals surface area (Å²) in [4.78, 5) is 11.9. The summed E-state index contributed by atoms with van der Waals surface area (Å²) >= 11 is 12.0. The van der Waals surface area contributed by atoms with Crippen molar-refractivity contribution in [1.29, 1.82) is 5.26 Å². The number of esters is 1. The van der Waals surface area contributed by atoms with Crippen LogP contribution >= 0.6 is 23.2 Å². The summed E-state index contributed by atoms with van der Waals surface area (Å²) in [5, 5.41) is 9.74. The lowest BCUT2D eigenvalue weighted by Crippen LogP contribution is -2.13. The molecule has 0 radical (unpaired) electrons. The number of halogens is 2. The van der Waals surface area contributed by atoms with Crippen LogP contribution in [0, 0.1) is 11.3 Å². The second-order valence-corrected chi connectivity index (χ2v) is 5.91. The number of nitrogens with zero attached hydrogens (tertiary/aromatic N) is 1. The Kier molecular flexibility index (Phi) is 6.51. The van der Waals surface area contributed by atoms with Gasteiger partial charge in [-0.05, 0) is 37.3 Å². The van der Waals surface area contributed by atoms with Crippen molar-refractivity contribution < 1.29 is 19.0 Å². The number of rotatable bonds is 6. The van der Waals surface area contributed by atoms with Gasteiger partial charge in [-0.1, -0.05) is 29.3 Å². The Labute approximate surface area is 155 Å². The van der Waals surface area contributed by atoms with Crippen LogP contribution in [-0.2, 0) is 11.3 Å². The molecular weight excluding hydrogens is 365 g/mol. The fourth-order valence-electron chi connectivity index (χ4n) is 1.96. The van der Waals surface area contributed by atoms with E-state index in [2.05, 4.69) is 0 Å². The largest absolute Gasteiger partial charge is 0.493 e. The van der Waals surface area contributed by atoms with Gasteiger partial charge in [0, 0.05) is 15.6 Å². The molecule has 130 valence electrons. The van der Waals surface area contributed by atoms with E-state index in [0.717, 1.165) is 5.56 Å². The van der Waals surface area contributed by atoms with Gasteiger partial charge in [-0.2, -0.15) is 5.26 Å². The topological polar surface area (TPSA) is 68.5 Å². The SMILES string of the molecule is COc1cc(C(=O)O[C@@H](C)C#N)ccc1OCc1ccc(Cl)cc1Cl. The molecule has 2 aromatic rings. The van der Waals surface area contributed by atoms with Gasteiger partial charge in [0.1, 0.15) is 12.7 Å². The first-order valence-corrected chi connectivity index (χ1v) is 8.05. The van der Waals surface area contributed by atoms with Crippen LogP contribution in [0.3, 0.4) is 0 Å². The lowest BCUT2D eigenvalue weighted by Gasteiger charge is -2.13. The molecule has 0 unspecified atom stereocenters. The first-order chi connectivity index (χ1) is 11.9. The van der Waals surface area contributed by atoms with Crippen molar-refractivity contribution in [2.24, 2.45) is 0 Å². The molecule has 25 heavy (non-hydrogen) atoms. The number of hydrogen-bond acceptors (Lipinski definition) is 5. The smallest absolute Gasteiger partial charge is 0.339 e. The molecule has 0 fully saturated rings. The lowest BCUT2D eigenvalue weighted by molar-refractivity contribution is 0.0435. The zero-order chi connectivity index (χ0) is 18.4. The van der Waals surface area contributed by atoms with E-state index in [1.165, 1.54) is 26.2 Å². The third kappa shape index (κ3) is 5.02. The van der Waals surface area contributed by atoms with Crippen molar-refractivity contribution in [2.45, 2.75) is 19.6 Å². The van der Waals surface area contributed by atoms with E-state index in [-0.39, 0.29) is 12.2 Å². The fourth-order valence-corrected chi connectivity index (χ4v) is 2.43. The fraction of sp³-hybridized carbons (Fsp3) is 0.222. The third-order valence-corrected chi connectivity index (χ3v) is 3.85. The van der Waals surface area contributed by atoms with E-state index in [4.69, 9.17) is 42.7 Å². The molecule has 0 spiro atoms. The maximum Gasteiger partial charge on any atom is 0.339 e. The molecular formula is C18H15Cl2NO4. The number of ether oxygens (including phenoxy) is 3. The van der Waals surface area contributed by atoms with Gasteiger partial charge in [0.25, 0.3) is 0 Å². The first-order valence-electron chi connectivity index (χ1n) is 7.30. The average Bonchev–Trinajstić information content (AvgIpc) is 2.60. The lowest BCUT2D eigenvalue weighted by atomic mass is 10.2. The Morgan fingerprint density at radius 3 is 2.60 bits per heavy atom. The van der Waals surface area contributed by atoms with E-state index < -0.39 is 12.1 Å². The van der Waals surface area contributed by atoms with Crippen molar-refractivity contribution in [3.63, 3.8) is 0 Å². The zero-order valence-electron chi connectivity index (χ0n) is 13.6. The van der Waals surface area contributed by atoms with Gasteiger partial charge in [-0.25, -0.2) is 4.79 Å². The Bertz CT molecular complexity index is 817. The molecule has 0 aromatic heterocycles. The molecule has 2 aromatic carbocycles. The van der Waals surface area contributed by atoms with E-state index >= 15 is 0 Å². The van der Waals surface area contributed by atoms with Gasteiger partial charge < -0.3 is 14.2 Å². The summed E-state index contributed by atoms with van der Waals surface area (Å²) in [7, 11) is 1.46. The van der Waals surface area contributed by atoms with Crippen LogP contribution in [-0.4, -0.2) is 19.2 Å². The van der Waals surface area contributed by atoms with E-state index in [1.54, 1.807) is 24.3 Å². The second-order valence-electron chi connectivity index (χ2n) is 5.07. The zero-order valence-corrected chi connectivity index (χ0v) is 15.1. The highest BCUT2D eigenvalue weighted by molar-refractivity contribution is 6.35. The molecule has 0 aliphatic heterocycles. The van der Waals surface area contributed by atoms with Crippen molar-refractivity contribution in [3.05, 3.63) is 57.6 Å². The number of hydrogen-bond donors (Lipinski definition) is 0. The first kappa shape index (κ1) is 18.9. The Hall–Kier alpha value is -2.42. The Morgan fingerprint density at radius 2 is 1.96 bits per heavy atom. The molecule has 0 saturated carbocycles. The molecule has 0 aliphatic carbocycles. The number of nitriles is 1. The van der Waals surface area contributed by atoms with E-state index in [1.807, 2.05) is 6.07 Å². The minimum absolute atomic E-state index is 0.210. The van der Waals surface area contributed by atoms with Crippen molar-refractivity contribution in [2.75, 3.05) is 7.11 Å². The molecule has 0 saturated heterocycles. The van der Waals surface area contributed by atoms with Crippen molar-refractivity contribution >= 4 is 29.2 Å². The maximum atomic E-state index is 11.9. The minimum Gasteiger partial charge on any atom is -0.493 e. The highest BCUT2D eigenvalue weighted by atomic mass is 35.5. The molecule has 1 atom stereocenters. The van der Waals surface area contributed by atoms with Gasteiger partial charge in [-0.15, -0.1) is 0 Å². The predicted octanol–water partition coefficient (Wildman–Crippen LogP) is 4.65. The van der Waals surface area contributed by atoms with Crippen LogP contribution < -0.4 is 9.47 Å². The third-order valence-electron chi connectivity index (χ3n) is 3.26. The Morgan fingerprint density at radius 1 is 1.20 bits per heavy atom. The summed E-state index contributed by atoms with van der Waals surface area (Å²) in [6.07, 6.45) is -0.832. The predicted molar refractivity (Wildman–Crippen MR) is 94.3 cm³/mol. The van der Waals surface area contributed by atoms with Gasteiger partial charge >= 0.3 is 5.97 Å². The minimum atomic E-state index is -0.832. The van der Waals surface area contributed by atoms with Crippen LogP contribution in [0.1, 0.15) is 22.8 Å². The van der Waals surface area contributed by atoms with E-state index in [0.29, 0.717) is 21.5 Å². The van der Waals surface area contributed by atoms with E-state index in [9.17, 15) is 4.79 Å². The molecule has 0 N–H and O–H groups in total. The number of carbonyl (C=O) groups is 1. The maximum absolute atomic E-state index is 11.9. The highest BCUT2D eigenvalue weighted by Crippen LogP contribution is 2.30. The Balaban J connectivity index is 2.14. The summed E-state index contributed by atoms with van der Waals surface area (Å²) < 4.78 is 15.9. The van der Waals surface area contributed by atoms with Gasteiger partial charge in [0.2, 0.25) is 0 Å². The summed E-state index contributed by atoms with van der Waals surface area (Å²) in [5.41, 5.74) is 1.02. The van der Waals surface area contributed by atoms with Gasteiger partial charge in [0.15, 0.2) is 17.6 Å². The number of methoxy groups -OCH3 is 1. The average molecular weight is 380 g/mol. The monoisotopic (exact) mass is 379 g/mol. The van der Waals surface area contributed by atoms with Crippen LogP contribution in [0.2, 0.25) is 10.0 Å². The van der Waals surface area contributed by atoms with Crippen LogP contribution in [0.4, 0.5) is 0 Å². The van der Waals surface area contributed by atoms with Gasteiger partial charge in [-0.3, -0.25) is 0 Å². The van der Waals surface area contributed by atoms with Crippen LogP contribution in [0.25, 0.3) is 0 Å². The normalized spacial score (nSPS) is 11.3. The second kappa shape index (κ2) is 8.61. The van der Waals surface area contributed by atoms with Crippen LogP contribution in [0.15, 0.2) is 36.4 Å². The molecule has 5 nitrogen and oxygen atoms in total. The molecule has 0 aliphatic rings.